The second-order valence-corrected chi connectivity index (χ2v) is 5.20. The zero-order valence-corrected chi connectivity index (χ0v) is 11.7. The summed E-state index contributed by atoms with van der Waals surface area (Å²) in [4.78, 5) is 0. The van der Waals surface area contributed by atoms with Gasteiger partial charge in [-0.2, -0.15) is 0 Å². The lowest BCUT2D eigenvalue weighted by molar-refractivity contribution is 0.249. The van der Waals surface area contributed by atoms with Crippen LogP contribution in [0, 0.1) is 6.92 Å². The molecule has 0 amide bonds. The van der Waals surface area contributed by atoms with Gasteiger partial charge in [0.15, 0.2) is 11.5 Å². The van der Waals surface area contributed by atoms with Crippen molar-refractivity contribution in [2.24, 2.45) is 0 Å². The Bertz CT molecular complexity index is 617. The zero-order chi connectivity index (χ0) is 14.1. The van der Waals surface area contributed by atoms with Crippen molar-refractivity contribution in [3.8, 4) is 17.2 Å². The van der Waals surface area contributed by atoms with Crippen LogP contribution >= 0.6 is 0 Å². The van der Waals surface area contributed by atoms with Gasteiger partial charge in [-0.15, -0.1) is 0 Å². The third-order valence-corrected chi connectivity index (χ3v) is 3.90. The third kappa shape index (κ3) is 2.20. The fraction of sp³-hybridized carbons (Fsp3) is 0.294. The van der Waals surface area contributed by atoms with Crippen LogP contribution in [-0.2, 0) is 6.42 Å². The van der Waals surface area contributed by atoms with E-state index in [2.05, 4.69) is 12.1 Å². The third-order valence-electron chi connectivity index (χ3n) is 3.90. The summed E-state index contributed by atoms with van der Waals surface area (Å²) in [6, 6.07) is 12.1. The van der Waals surface area contributed by atoms with E-state index in [9.17, 15) is 5.11 Å². The van der Waals surface area contributed by atoms with E-state index in [0.717, 1.165) is 23.3 Å². The van der Waals surface area contributed by atoms with Gasteiger partial charge in [-0.05, 0) is 42.2 Å². The van der Waals surface area contributed by atoms with Gasteiger partial charge in [-0.1, -0.05) is 24.3 Å². The SMILES string of the molecule is COc1ccc(C2COc3c(ccc(C)c3O)C2)cc1. The molecule has 0 aliphatic carbocycles. The number of benzene rings is 2. The van der Waals surface area contributed by atoms with Crippen LogP contribution in [0.5, 0.6) is 17.2 Å². The van der Waals surface area contributed by atoms with Gasteiger partial charge in [-0.25, -0.2) is 0 Å². The first-order valence-corrected chi connectivity index (χ1v) is 6.77. The topological polar surface area (TPSA) is 38.7 Å². The number of methoxy groups -OCH3 is 1. The Kier molecular flexibility index (Phi) is 3.26. The standard InChI is InChI=1S/C17H18O3/c1-11-3-4-13-9-14(10-20-17(13)16(11)18)12-5-7-15(19-2)8-6-12/h3-8,14,18H,9-10H2,1-2H3. The summed E-state index contributed by atoms with van der Waals surface area (Å²) >= 11 is 0. The number of aromatic hydroxyl groups is 1. The van der Waals surface area contributed by atoms with E-state index in [4.69, 9.17) is 9.47 Å². The van der Waals surface area contributed by atoms with Crippen LogP contribution in [0.15, 0.2) is 36.4 Å². The largest absolute Gasteiger partial charge is 0.504 e. The van der Waals surface area contributed by atoms with Crippen LogP contribution in [0.1, 0.15) is 22.6 Å². The number of aryl methyl sites for hydroxylation is 1. The van der Waals surface area contributed by atoms with Crippen LogP contribution in [0.25, 0.3) is 0 Å². The summed E-state index contributed by atoms with van der Waals surface area (Å²) in [5.41, 5.74) is 3.16. The highest BCUT2D eigenvalue weighted by Gasteiger charge is 2.24. The van der Waals surface area contributed by atoms with Gasteiger partial charge in [0.2, 0.25) is 0 Å². The maximum absolute atomic E-state index is 10.0. The molecule has 0 saturated heterocycles. The Labute approximate surface area is 118 Å². The number of fused-ring (bicyclic) bond motifs is 1. The first kappa shape index (κ1) is 12.9. The average Bonchev–Trinajstić information content (AvgIpc) is 2.51. The predicted octanol–water partition coefficient (Wildman–Crippen LogP) is 3.43. The molecule has 2 aromatic rings. The van der Waals surface area contributed by atoms with E-state index in [-0.39, 0.29) is 5.75 Å². The van der Waals surface area contributed by atoms with E-state index in [1.165, 1.54) is 5.56 Å². The Morgan fingerprint density at radius 3 is 2.60 bits per heavy atom. The van der Waals surface area contributed by atoms with Gasteiger partial charge in [-0.3, -0.25) is 0 Å². The summed E-state index contributed by atoms with van der Waals surface area (Å²) in [7, 11) is 1.67. The molecule has 20 heavy (non-hydrogen) atoms. The summed E-state index contributed by atoms with van der Waals surface area (Å²) in [6.07, 6.45) is 0.884. The molecule has 3 nitrogen and oxygen atoms in total. The predicted molar refractivity (Wildman–Crippen MR) is 77.8 cm³/mol. The second kappa shape index (κ2) is 5.08. The molecule has 1 aliphatic rings. The fourth-order valence-corrected chi connectivity index (χ4v) is 2.63. The van der Waals surface area contributed by atoms with E-state index in [0.29, 0.717) is 18.3 Å². The molecule has 1 heterocycles. The Morgan fingerprint density at radius 1 is 1.15 bits per heavy atom. The summed E-state index contributed by atoms with van der Waals surface area (Å²) in [6.45, 7) is 2.48. The van der Waals surface area contributed by atoms with Crippen molar-refractivity contribution in [2.45, 2.75) is 19.3 Å². The Hall–Kier alpha value is -2.16. The molecular weight excluding hydrogens is 252 g/mol. The first-order chi connectivity index (χ1) is 9.69. The molecule has 104 valence electrons. The Morgan fingerprint density at radius 2 is 1.90 bits per heavy atom. The van der Waals surface area contributed by atoms with Crippen molar-refractivity contribution in [3.63, 3.8) is 0 Å². The molecule has 0 aromatic heterocycles. The summed E-state index contributed by atoms with van der Waals surface area (Å²) in [5, 5.41) is 10.0. The van der Waals surface area contributed by atoms with Crippen LogP contribution in [0.2, 0.25) is 0 Å². The number of ether oxygens (including phenoxy) is 2. The maximum atomic E-state index is 10.0. The number of rotatable bonds is 2. The van der Waals surface area contributed by atoms with Crippen molar-refractivity contribution in [2.75, 3.05) is 13.7 Å². The van der Waals surface area contributed by atoms with Crippen molar-refractivity contribution in [1.82, 2.24) is 0 Å². The average molecular weight is 270 g/mol. The highest BCUT2D eigenvalue weighted by Crippen LogP contribution is 2.40. The van der Waals surface area contributed by atoms with Crippen LogP contribution in [0.4, 0.5) is 0 Å². The van der Waals surface area contributed by atoms with Gasteiger partial charge < -0.3 is 14.6 Å². The molecule has 2 aromatic carbocycles. The molecule has 1 aliphatic heterocycles. The molecule has 0 bridgehead atoms. The van der Waals surface area contributed by atoms with E-state index in [1.54, 1.807) is 7.11 Å². The smallest absolute Gasteiger partial charge is 0.164 e. The second-order valence-electron chi connectivity index (χ2n) is 5.20. The molecule has 0 saturated carbocycles. The number of phenols is 1. The quantitative estimate of drug-likeness (QED) is 0.908. The molecule has 3 rings (SSSR count). The Balaban J connectivity index is 1.86. The monoisotopic (exact) mass is 270 g/mol. The highest BCUT2D eigenvalue weighted by atomic mass is 16.5. The molecule has 0 radical (unpaired) electrons. The molecular formula is C17H18O3. The fourth-order valence-electron chi connectivity index (χ4n) is 2.63. The molecule has 1 unspecified atom stereocenters. The minimum Gasteiger partial charge on any atom is -0.504 e. The molecule has 0 fully saturated rings. The van der Waals surface area contributed by atoms with Crippen LogP contribution in [-0.4, -0.2) is 18.8 Å². The highest BCUT2D eigenvalue weighted by molar-refractivity contribution is 5.52. The van der Waals surface area contributed by atoms with E-state index in [1.807, 2.05) is 31.2 Å². The molecule has 3 heteroatoms. The number of hydrogen-bond donors (Lipinski definition) is 1. The van der Waals surface area contributed by atoms with Crippen molar-refractivity contribution < 1.29 is 14.6 Å². The van der Waals surface area contributed by atoms with Crippen LogP contribution in [0.3, 0.4) is 0 Å². The lowest BCUT2D eigenvalue weighted by atomic mass is 9.89. The minimum atomic E-state index is 0.274. The van der Waals surface area contributed by atoms with E-state index >= 15 is 0 Å². The van der Waals surface area contributed by atoms with Gasteiger partial charge in [0, 0.05) is 5.92 Å². The van der Waals surface area contributed by atoms with Gasteiger partial charge in [0.05, 0.1) is 13.7 Å². The zero-order valence-electron chi connectivity index (χ0n) is 11.7. The summed E-state index contributed by atoms with van der Waals surface area (Å²) in [5.74, 6) is 2.10. The van der Waals surface area contributed by atoms with Crippen molar-refractivity contribution in [3.05, 3.63) is 53.1 Å². The molecule has 1 N–H and O–H groups in total. The molecule has 0 spiro atoms. The van der Waals surface area contributed by atoms with E-state index < -0.39 is 0 Å². The summed E-state index contributed by atoms with van der Waals surface area (Å²) < 4.78 is 11.0. The maximum Gasteiger partial charge on any atom is 0.164 e. The van der Waals surface area contributed by atoms with Gasteiger partial charge in [0.25, 0.3) is 0 Å². The van der Waals surface area contributed by atoms with Gasteiger partial charge >= 0.3 is 0 Å². The van der Waals surface area contributed by atoms with Crippen molar-refractivity contribution >= 4 is 0 Å². The number of hydrogen-bond acceptors (Lipinski definition) is 3. The minimum absolute atomic E-state index is 0.274. The lowest BCUT2D eigenvalue weighted by Gasteiger charge is -2.26. The lowest BCUT2D eigenvalue weighted by Crippen LogP contribution is -2.19. The van der Waals surface area contributed by atoms with Crippen molar-refractivity contribution in [1.29, 1.82) is 0 Å². The first-order valence-electron chi connectivity index (χ1n) is 6.77. The normalized spacial score (nSPS) is 17.2. The van der Waals surface area contributed by atoms with Gasteiger partial charge in [0.1, 0.15) is 5.75 Å². The number of phenolic OH excluding ortho intramolecular Hbond substituents is 1. The molecule has 1 atom stereocenters. The van der Waals surface area contributed by atoms with Crippen LogP contribution < -0.4 is 9.47 Å².